The lowest BCUT2D eigenvalue weighted by atomic mass is 10.3. The molecule has 3 rings (SSSR count). The molecule has 1 heterocycles. The molecule has 0 saturated heterocycles. The van der Waals surface area contributed by atoms with Crippen molar-refractivity contribution in [2.24, 2.45) is 0 Å². The van der Waals surface area contributed by atoms with Crippen molar-refractivity contribution in [3.05, 3.63) is 60.2 Å². The van der Waals surface area contributed by atoms with Crippen LogP contribution < -0.4 is 15.4 Å². The molecule has 0 fully saturated rings. The fourth-order valence-corrected chi connectivity index (χ4v) is 3.61. The van der Waals surface area contributed by atoms with Crippen LogP contribution in [0.25, 0.3) is 0 Å². The molecule has 1 aromatic heterocycles. The minimum atomic E-state index is -0.369. The molecule has 31 heavy (non-hydrogen) atoms. The van der Waals surface area contributed by atoms with Gasteiger partial charge in [-0.3, -0.25) is 9.59 Å². The van der Waals surface area contributed by atoms with E-state index >= 15 is 0 Å². The molecule has 3 aromatic rings. The molecule has 0 aliphatic carbocycles. The van der Waals surface area contributed by atoms with Crippen LogP contribution in [0.2, 0.25) is 0 Å². The molecule has 0 radical (unpaired) electrons. The van der Waals surface area contributed by atoms with Gasteiger partial charge in [0, 0.05) is 24.0 Å². The zero-order chi connectivity index (χ0) is 22.2. The molecule has 0 unspecified atom stereocenters. The lowest BCUT2D eigenvalue weighted by molar-refractivity contribution is -0.116. The minimum absolute atomic E-state index is 0.0420. The maximum absolute atomic E-state index is 13.0. The number of rotatable bonds is 9. The van der Waals surface area contributed by atoms with Gasteiger partial charge >= 0.3 is 0 Å². The third-order valence-electron chi connectivity index (χ3n) is 4.24. The van der Waals surface area contributed by atoms with Gasteiger partial charge in [0.05, 0.1) is 19.3 Å². The number of thioether (sulfide) groups is 1. The van der Waals surface area contributed by atoms with Crippen LogP contribution in [0.4, 0.5) is 15.8 Å². The standard InChI is InChI=1S/C21H22FN5O3S/c1-3-27-18(12-19(28)24-16-5-4-6-17(11-16)30-2)25-26-21(27)31-13-20(29)23-15-9-7-14(22)8-10-15/h4-11H,3,12-13H2,1-2H3,(H,23,29)(H,24,28). The predicted molar refractivity (Wildman–Crippen MR) is 117 cm³/mol. The average Bonchev–Trinajstić information content (AvgIpc) is 3.15. The van der Waals surface area contributed by atoms with Crippen LogP contribution in [0, 0.1) is 5.82 Å². The molecule has 2 N–H and O–H groups in total. The van der Waals surface area contributed by atoms with Gasteiger partial charge in [-0.2, -0.15) is 0 Å². The van der Waals surface area contributed by atoms with E-state index in [1.54, 1.807) is 35.9 Å². The topological polar surface area (TPSA) is 98.1 Å². The van der Waals surface area contributed by atoms with Crippen LogP contribution in [0.1, 0.15) is 12.7 Å². The maximum atomic E-state index is 13.0. The number of anilines is 2. The lowest BCUT2D eigenvalue weighted by Gasteiger charge is -2.09. The highest BCUT2D eigenvalue weighted by molar-refractivity contribution is 7.99. The molecular weight excluding hydrogens is 421 g/mol. The van der Waals surface area contributed by atoms with Gasteiger partial charge in [-0.05, 0) is 43.3 Å². The van der Waals surface area contributed by atoms with E-state index in [9.17, 15) is 14.0 Å². The predicted octanol–water partition coefficient (Wildman–Crippen LogP) is 3.36. The first-order chi connectivity index (χ1) is 15.0. The smallest absolute Gasteiger partial charge is 0.234 e. The molecule has 0 aliphatic rings. The van der Waals surface area contributed by atoms with Gasteiger partial charge in [-0.1, -0.05) is 17.8 Å². The Labute approximate surface area is 183 Å². The first-order valence-electron chi connectivity index (χ1n) is 9.52. The number of hydrogen-bond acceptors (Lipinski definition) is 6. The number of nitrogens with zero attached hydrogens (tertiary/aromatic N) is 3. The van der Waals surface area contributed by atoms with Crippen LogP contribution in [0.5, 0.6) is 5.75 Å². The normalized spacial score (nSPS) is 10.5. The lowest BCUT2D eigenvalue weighted by Crippen LogP contribution is -2.18. The summed E-state index contributed by atoms with van der Waals surface area (Å²) in [6, 6.07) is 12.6. The Morgan fingerprint density at radius 2 is 1.81 bits per heavy atom. The highest BCUT2D eigenvalue weighted by Gasteiger charge is 2.16. The van der Waals surface area contributed by atoms with Crippen molar-refractivity contribution in [2.75, 3.05) is 23.5 Å². The number of carbonyl (C=O) groups is 2. The third-order valence-corrected chi connectivity index (χ3v) is 5.21. The van der Waals surface area contributed by atoms with Crippen molar-refractivity contribution in [1.82, 2.24) is 14.8 Å². The molecule has 10 heteroatoms. The second-order valence-electron chi connectivity index (χ2n) is 6.44. The molecule has 162 valence electrons. The summed E-state index contributed by atoms with van der Waals surface area (Å²) in [5.74, 6) is 0.397. The molecule has 2 aromatic carbocycles. The summed E-state index contributed by atoms with van der Waals surface area (Å²) in [7, 11) is 1.56. The van der Waals surface area contributed by atoms with Crippen molar-refractivity contribution >= 4 is 35.0 Å². The Bertz CT molecular complexity index is 1060. The Balaban J connectivity index is 1.57. The summed E-state index contributed by atoms with van der Waals surface area (Å²) >= 11 is 1.21. The van der Waals surface area contributed by atoms with E-state index in [1.807, 2.05) is 6.92 Å². The van der Waals surface area contributed by atoms with Gasteiger partial charge in [0.25, 0.3) is 0 Å². The number of ether oxygens (including phenoxy) is 1. The van der Waals surface area contributed by atoms with Crippen molar-refractivity contribution in [1.29, 1.82) is 0 Å². The number of nitrogens with one attached hydrogen (secondary N) is 2. The van der Waals surface area contributed by atoms with Gasteiger partial charge in [0.15, 0.2) is 5.16 Å². The number of carbonyl (C=O) groups excluding carboxylic acids is 2. The van der Waals surface area contributed by atoms with E-state index in [-0.39, 0.29) is 29.8 Å². The second kappa shape index (κ2) is 10.6. The third kappa shape index (κ3) is 6.29. The first kappa shape index (κ1) is 22.3. The van der Waals surface area contributed by atoms with Crippen LogP contribution in [0.3, 0.4) is 0 Å². The zero-order valence-electron chi connectivity index (χ0n) is 17.1. The van der Waals surface area contributed by atoms with Crippen LogP contribution in [-0.2, 0) is 22.6 Å². The maximum Gasteiger partial charge on any atom is 0.234 e. The summed E-state index contributed by atoms with van der Waals surface area (Å²) in [6.07, 6.45) is 0.0420. The fraction of sp³-hybridized carbons (Fsp3) is 0.238. The van der Waals surface area contributed by atoms with E-state index in [0.29, 0.717) is 34.6 Å². The summed E-state index contributed by atoms with van der Waals surface area (Å²) < 4.78 is 19.9. The zero-order valence-corrected chi connectivity index (χ0v) is 17.9. The number of aromatic nitrogens is 3. The number of amides is 2. The van der Waals surface area contributed by atoms with Gasteiger partial charge in [-0.25, -0.2) is 4.39 Å². The highest BCUT2D eigenvalue weighted by Crippen LogP contribution is 2.20. The molecule has 8 nitrogen and oxygen atoms in total. The second-order valence-corrected chi connectivity index (χ2v) is 7.39. The Morgan fingerprint density at radius 3 is 2.52 bits per heavy atom. The van der Waals surface area contributed by atoms with E-state index < -0.39 is 0 Å². The first-order valence-corrected chi connectivity index (χ1v) is 10.5. The van der Waals surface area contributed by atoms with E-state index in [1.165, 1.54) is 36.0 Å². The SMILES string of the molecule is CCn1c(CC(=O)Nc2cccc(OC)c2)nnc1SCC(=O)Nc1ccc(F)cc1. The largest absolute Gasteiger partial charge is 0.497 e. The fourth-order valence-electron chi connectivity index (χ4n) is 2.78. The van der Waals surface area contributed by atoms with E-state index in [4.69, 9.17) is 4.74 Å². The Hall–Kier alpha value is -3.40. The molecule has 0 atom stereocenters. The van der Waals surface area contributed by atoms with E-state index in [2.05, 4.69) is 20.8 Å². The molecule has 0 saturated carbocycles. The summed E-state index contributed by atoms with van der Waals surface area (Å²) in [5.41, 5.74) is 1.14. The van der Waals surface area contributed by atoms with Gasteiger partial charge in [0.2, 0.25) is 11.8 Å². The summed E-state index contributed by atoms with van der Waals surface area (Å²) in [6.45, 7) is 2.46. The van der Waals surface area contributed by atoms with Gasteiger partial charge in [0.1, 0.15) is 17.4 Å². The highest BCUT2D eigenvalue weighted by atomic mass is 32.2. The van der Waals surface area contributed by atoms with Crippen molar-refractivity contribution in [2.45, 2.75) is 25.0 Å². The molecule has 0 aliphatic heterocycles. The number of halogens is 1. The number of methoxy groups -OCH3 is 1. The van der Waals surface area contributed by atoms with Crippen molar-refractivity contribution < 1.29 is 18.7 Å². The molecule has 2 amide bonds. The molecule has 0 bridgehead atoms. The van der Waals surface area contributed by atoms with Gasteiger partial charge in [-0.15, -0.1) is 10.2 Å². The Morgan fingerprint density at radius 1 is 1.06 bits per heavy atom. The van der Waals surface area contributed by atoms with Crippen molar-refractivity contribution in [3.8, 4) is 5.75 Å². The number of hydrogen-bond donors (Lipinski definition) is 2. The molecular formula is C21H22FN5O3S. The number of benzene rings is 2. The molecule has 0 spiro atoms. The minimum Gasteiger partial charge on any atom is -0.497 e. The van der Waals surface area contributed by atoms with Gasteiger partial charge < -0.3 is 19.9 Å². The quantitative estimate of drug-likeness (QED) is 0.492. The Kier molecular flexibility index (Phi) is 7.60. The van der Waals surface area contributed by atoms with Crippen LogP contribution in [0.15, 0.2) is 53.7 Å². The van der Waals surface area contributed by atoms with Crippen LogP contribution >= 0.6 is 11.8 Å². The average molecular weight is 444 g/mol. The van der Waals surface area contributed by atoms with E-state index in [0.717, 1.165) is 0 Å². The summed E-state index contributed by atoms with van der Waals surface area (Å²) in [4.78, 5) is 24.6. The van der Waals surface area contributed by atoms with Crippen molar-refractivity contribution in [3.63, 3.8) is 0 Å². The van der Waals surface area contributed by atoms with Crippen LogP contribution in [-0.4, -0.2) is 39.4 Å². The monoisotopic (exact) mass is 443 g/mol. The summed E-state index contributed by atoms with van der Waals surface area (Å²) in [5, 5.41) is 14.3.